The van der Waals surface area contributed by atoms with E-state index in [1.807, 2.05) is 5.57 Å². The molecule has 12 heavy (non-hydrogen) atoms. The Morgan fingerprint density at radius 3 is 2.83 bits per heavy atom. The van der Waals surface area contributed by atoms with Gasteiger partial charge in [-0.25, -0.2) is 0 Å². The van der Waals surface area contributed by atoms with Gasteiger partial charge in [0.2, 0.25) is 0 Å². The Bertz CT molecular complexity index is 201. The van der Waals surface area contributed by atoms with Crippen LogP contribution in [0.2, 0.25) is 0 Å². The third-order valence-electron chi connectivity index (χ3n) is 3.04. The first-order valence-electron chi connectivity index (χ1n) is 5.01. The first kappa shape index (κ1) is 9.04. The SMILES string of the molecule is CC1=C(CC2C[I-]2)CCC(C)C1. The van der Waals surface area contributed by atoms with Gasteiger partial charge in [0.1, 0.15) is 0 Å². The van der Waals surface area contributed by atoms with Crippen LogP contribution >= 0.6 is 0 Å². The first-order valence-corrected chi connectivity index (χ1v) is 7.78. The number of hydrogen-bond acceptors (Lipinski definition) is 0. The third kappa shape index (κ3) is 2.24. The second-order valence-corrected chi connectivity index (χ2v) is 7.87. The van der Waals surface area contributed by atoms with Crippen LogP contribution < -0.4 is 21.2 Å². The molecule has 1 heterocycles. The molecule has 2 aliphatic rings. The van der Waals surface area contributed by atoms with Crippen LogP contribution in [-0.4, -0.2) is 8.35 Å². The Hall–Kier alpha value is 0.470. The normalized spacial score (nSPS) is 36.2. The molecule has 0 nitrogen and oxygen atoms in total. The molecule has 1 aliphatic heterocycles. The van der Waals surface area contributed by atoms with Crippen molar-refractivity contribution in [2.75, 3.05) is 4.43 Å². The van der Waals surface area contributed by atoms with Crippen LogP contribution in [0.1, 0.15) is 39.5 Å². The predicted molar refractivity (Wildman–Crippen MR) is 49.0 cm³/mol. The van der Waals surface area contributed by atoms with Gasteiger partial charge in [0.05, 0.1) is 0 Å². The third-order valence-corrected chi connectivity index (χ3v) is 5.60. The Morgan fingerprint density at radius 1 is 1.50 bits per heavy atom. The zero-order valence-electron chi connectivity index (χ0n) is 8.07. The molecule has 0 aromatic rings. The van der Waals surface area contributed by atoms with Gasteiger partial charge in [0, 0.05) is 0 Å². The summed E-state index contributed by atoms with van der Waals surface area (Å²) in [5.74, 6) is 0.961. The van der Waals surface area contributed by atoms with Crippen LogP contribution in [0.3, 0.4) is 0 Å². The standard InChI is InChI=1S/C11H18I/c1-8-3-4-10(9(2)5-8)6-11-7-12-11/h8,11H,3-7H2,1-2H3/q-1. The van der Waals surface area contributed by atoms with Gasteiger partial charge in [-0.05, 0) is 0 Å². The van der Waals surface area contributed by atoms with Crippen molar-refractivity contribution in [1.29, 1.82) is 0 Å². The van der Waals surface area contributed by atoms with Crippen molar-refractivity contribution in [2.45, 2.75) is 43.5 Å². The average molecular weight is 277 g/mol. The molecular weight excluding hydrogens is 259 g/mol. The maximum atomic E-state index is 2.39. The molecule has 1 fully saturated rings. The van der Waals surface area contributed by atoms with Crippen molar-refractivity contribution in [1.82, 2.24) is 0 Å². The summed E-state index contributed by atoms with van der Waals surface area (Å²) in [5.41, 5.74) is 3.58. The predicted octanol–water partition coefficient (Wildman–Crippen LogP) is -0.0158. The fraction of sp³-hybridized carbons (Fsp3) is 0.818. The fourth-order valence-corrected chi connectivity index (χ4v) is 3.63. The Labute approximate surface area is 86.1 Å². The molecule has 0 aromatic heterocycles. The number of halogens is 1. The van der Waals surface area contributed by atoms with Gasteiger partial charge >= 0.3 is 86.2 Å². The molecule has 2 unspecified atom stereocenters. The van der Waals surface area contributed by atoms with Crippen molar-refractivity contribution >= 4 is 0 Å². The summed E-state index contributed by atoms with van der Waals surface area (Å²) < 4.78 is 2.81. The van der Waals surface area contributed by atoms with E-state index in [2.05, 4.69) is 13.8 Å². The minimum atomic E-state index is 0.682. The van der Waals surface area contributed by atoms with E-state index in [0.717, 1.165) is 5.92 Å². The minimum absolute atomic E-state index is 0.682. The van der Waals surface area contributed by atoms with Gasteiger partial charge < -0.3 is 0 Å². The Balaban J connectivity index is 1.96. The van der Waals surface area contributed by atoms with Crippen molar-refractivity contribution in [3.63, 3.8) is 0 Å². The van der Waals surface area contributed by atoms with E-state index in [1.165, 1.54) is 29.6 Å². The summed E-state index contributed by atoms with van der Waals surface area (Å²) in [6.45, 7) is 4.76. The second kappa shape index (κ2) is 3.69. The molecule has 0 saturated carbocycles. The van der Waals surface area contributed by atoms with Crippen molar-refractivity contribution < 1.29 is 21.2 Å². The monoisotopic (exact) mass is 277 g/mol. The number of allylic oxidation sites excluding steroid dienone is 2. The molecule has 0 amide bonds. The number of rotatable bonds is 2. The van der Waals surface area contributed by atoms with Crippen LogP contribution in [-0.2, 0) is 0 Å². The number of hydrogen-bond donors (Lipinski definition) is 0. The van der Waals surface area contributed by atoms with Crippen LogP contribution in [0.15, 0.2) is 11.1 Å². The molecule has 0 aromatic carbocycles. The van der Waals surface area contributed by atoms with Crippen LogP contribution in [0.25, 0.3) is 0 Å². The maximum absolute atomic E-state index is 2.39. The molecule has 2 atom stereocenters. The van der Waals surface area contributed by atoms with E-state index in [1.54, 1.807) is 10.0 Å². The number of alkyl halides is 2. The molecule has 1 aliphatic carbocycles. The summed E-state index contributed by atoms with van der Waals surface area (Å²) in [6, 6.07) is 0. The van der Waals surface area contributed by atoms with Gasteiger partial charge in [-0.1, -0.05) is 0 Å². The van der Waals surface area contributed by atoms with E-state index in [9.17, 15) is 0 Å². The van der Waals surface area contributed by atoms with E-state index in [0.29, 0.717) is 21.2 Å². The van der Waals surface area contributed by atoms with E-state index in [-0.39, 0.29) is 0 Å². The van der Waals surface area contributed by atoms with Gasteiger partial charge in [-0.3, -0.25) is 0 Å². The van der Waals surface area contributed by atoms with E-state index in [4.69, 9.17) is 0 Å². The van der Waals surface area contributed by atoms with Crippen LogP contribution in [0.4, 0.5) is 0 Å². The second-order valence-electron chi connectivity index (χ2n) is 4.34. The van der Waals surface area contributed by atoms with Crippen molar-refractivity contribution in [3.8, 4) is 0 Å². The van der Waals surface area contributed by atoms with Crippen molar-refractivity contribution in [2.24, 2.45) is 5.92 Å². The molecule has 1 heteroatoms. The molecule has 0 spiro atoms. The summed E-state index contributed by atoms with van der Waals surface area (Å²) in [7, 11) is 0. The Morgan fingerprint density at radius 2 is 2.25 bits per heavy atom. The molecule has 70 valence electrons. The molecule has 0 bridgehead atoms. The van der Waals surface area contributed by atoms with Crippen LogP contribution in [0.5, 0.6) is 0 Å². The molecular formula is C11H18I-. The van der Waals surface area contributed by atoms with Crippen molar-refractivity contribution in [3.05, 3.63) is 11.1 Å². The van der Waals surface area contributed by atoms with E-state index >= 15 is 0 Å². The summed E-state index contributed by atoms with van der Waals surface area (Å²) in [5, 5.41) is 0. The van der Waals surface area contributed by atoms with Gasteiger partial charge in [0.15, 0.2) is 0 Å². The zero-order chi connectivity index (χ0) is 8.55. The molecule has 2 rings (SSSR count). The summed E-state index contributed by atoms with van der Waals surface area (Å²) in [6.07, 6.45) is 5.76. The molecule has 0 radical (unpaired) electrons. The fourth-order valence-electron chi connectivity index (χ4n) is 2.12. The quantitative estimate of drug-likeness (QED) is 0.378. The van der Waals surface area contributed by atoms with E-state index < -0.39 is 0 Å². The summed E-state index contributed by atoms with van der Waals surface area (Å²) in [4.78, 5) is 0. The average Bonchev–Trinajstić information content (AvgIpc) is 2.79. The topological polar surface area (TPSA) is 0 Å². The van der Waals surface area contributed by atoms with Gasteiger partial charge in [-0.15, -0.1) is 0 Å². The first-order chi connectivity index (χ1) is 5.75. The van der Waals surface area contributed by atoms with Gasteiger partial charge in [0.25, 0.3) is 0 Å². The Kier molecular flexibility index (Phi) is 2.78. The van der Waals surface area contributed by atoms with Crippen LogP contribution in [0, 0.1) is 5.92 Å². The summed E-state index contributed by atoms with van der Waals surface area (Å²) >= 11 is 0.682. The molecule has 0 N–H and O–H groups in total. The van der Waals surface area contributed by atoms with Gasteiger partial charge in [-0.2, -0.15) is 0 Å². The molecule has 1 saturated heterocycles. The zero-order valence-corrected chi connectivity index (χ0v) is 10.2.